The number of hydrogen-bond acceptors (Lipinski definition) is 4. The molecule has 0 aromatic carbocycles. The molecule has 2 aromatic heterocycles. The smallest absolute Gasteiger partial charge is 0.309 e. The Hall–Kier alpha value is -2.77. The van der Waals surface area contributed by atoms with Gasteiger partial charge in [-0.3, -0.25) is 14.8 Å². The maximum absolute atomic E-state index is 13.3. The average molecular weight is 360 g/mol. The molecule has 134 valence electrons. The standard InChI is InChI=1S/C18H15F3N4O/c1-22-15-10-6-7-13(18(19,20)21)24-14(10)17(16(26)25-15)8-2-5-12-11(17)4-3-9-23-12/h3-4,6-7,9H,2,5,8H2,1H3,(H,22,25,26)/t17-/m1/s1. The van der Waals surface area contributed by atoms with Crippen LogP contribution >= 0.6 is 0 Å². The van der Waals surface area contributed by atoms with Crippen LogP contribution in [0.1, 0.15) is 41.1 Å². The number of carbonyl (C=O) groups is 1. The predicted molar refractivity (Wildman–Crippen MR) is 87.8 cm³/mol. The Kier molecular flexibility index (Phi) is 3.61. The van der Waals surface area contributed by atoms with Crippen molar-refractivity contribution in [2.75, 3.05) is 7.05 Å². The quantitative estimate of drug-likeness (QED) is 0.785. The van der Waals surface area contributed by atoms with E-state index in [9.17, 15) is 18.0 Å². The fourth-order valence-electron chi connectivity index (χ4n) is 3.86. The Morgan fingerprint density at radius 3 is 2.81 bits per heavy atom. The van der Waals surface area contributed by atoms with Crippen LogP contribution in [-0.4, -0.2) is 28.8 Å². The van der Waals surface area contributed by atoms with Gasteiger partial charge in [0.1, 0.15) is 16.9 Å². The summed E-state index contributed by atoms with van der Waals surface area (Å²) >= 11 is 0. The molecule has 1 spiro atoms. The van der Waals surface area contributed by atoms with Crippen molar-refractivity contribution in [1.29, 1.82) is 0 Å². The third-order valence-electron chi connectivity index (χ3n) is 5.00. The van der Waals surface area contributed by atoms with Crippen LogP contribution in [-0.2, 0) is 22.8 Å². The van der Waals surface area contributed by atoms with Crippen molar-refractivity contribution < 1.29 is 18.0 Å². The number of nitrogens with zero attached hydrogens (tertiary/aromatic N) is 3. The summed E-state index contributed by atoms with van der Waals surface area (Å²) in [4.78, 5) is 25.3. The first kappa shape index (κ1) is 16.7. The monoisotopic (exact) mass is 360 g/mol. The first-order chi connectivity index (χ1) is 12.4. The minimum Gasteiger partial charge on any atom is -0.309 e. The van der Waals surface area contributed by atoms with Crippen molar-refractivity contribution in [2.24, 2.45) is 4.99 Å². The fourth-order valence-corrected chi connectivity index (χ4v) is 3.86. The van der Waals surface area contributed by atoms with Crippen LogP contribution in [0.15, 0.2) is 35.5 Å². The van der Waals surface area contributed by atoms with Gasteiger partial charge in [0.25, 0.3) is 0 Å². The second-order valence-electron chi connectivity index (χ2n) is 6.37. The number of rotatable bonds is 0. The summed E-state index contributed by atoms with van der Waals surface area (Å²) in [5, 5.41) is 2.74. The maximum atomic E-state index is 13.3. The minimum atomic E-state index is -4.60. The van der Waals surface area contributed by atoms with Gasteiger partial charge in [-0.05, 0) is 43.0 Å². The summed E-state index contributed by atoms with van der Waals surface area (Å²) < 4.78 is 39.8. The molecule has 4 rings (SSSR count). The lowest BCUT2D eigenvalue weighted by Gasteiger charge is -2.41. The fraction of sp³-hybridized carbons (Fsp3) is 0.333. The van der Waals surface area contributed by atoms with E-state index in [1.807, 2.05) is 0 Å². The first-order valence-corrected chi connectivity index (χ1v) is 8.19. The number of carbonyl (C=O) groups excluding carboxylic acids is 1. The molecule has 26 heavy (non-hydrogen) atoms. The van der Waals surface area contributed by atoms with E-state index in [1.165, 1.54) is 13.1 Å². The molecule has 0 bridgehead atoms. The summed E-state index contributed by atoms with van der Waals surface area (Å²) in [5.41, 5.74) is -0.450. The van der Waals surface area contributed by atoms with Crippen LogP contribution in [0.2, 0.25) is 0 Å². The molecule has 2 aromatic rings. The Morgan fingerprint density at radius 1 is 1.27 bits per heavy atom. The average Bonchev–Trinajstić information content (AvgIpc) is 2.63. The van der Waals surface area contributed by atoms with Crippen molar-refractivity contribution in [3.05, 3.63) is 58.7 Å². The number of pyridine rings is 2. The van der Waals surface area contributed by atoms with E-state index in [0.717, 1.165) is 11.8 Å². The highest BCUT2D eigenvalue weighted by molar-refractivity contribution is 6.16. The number of alkyl halides is 3. The van der Waals surface area contributed by atoms with Gasteiger partial charge in [-0.25, -0.2) is 4.98 Å². The minimum absolute atomic E-state index is 0.102. The van der Waals surface area contributed by atoms with Crippen molar-refractivity contribution in [1.82, 2.24) is 15.3 Å². The first-order valence-electron chi connectivity index (χ1n) is 8.19. The second-order valence-corrected chi connectivity index (χ2v) is 6.37. The van der Waals surface area contributed by atoms with Crippen LogP contribution in [0.5, 0.6) is 0 Å². The van der Waals surface area contributed by atoms with Gasteiger partial charge in [-0.1, -0.05) is 6.07 Å². The van der Waals surface area contributed by atoms with Crippen molar-refractivity contribution in [2.45, 2.75) is 30.9 Å². The molecule has 3 heterocycles. The molecule has 0 saturated carbocycles. The van der Waals surface area contributed by atoms with Crippen LogP contribution in [0.3, 0.4) is 0 Å². The Balaban J connectivity index is 2.06. The number of aryl methyl sites for hydroxylation is 1. The number of aliphatic imine (C=N–C) groups is 1. The van der Waals surface area contributed by atoms with Gasteiger partial charge in [-0.2, -0.15) is 13.2 Å². The van der Waals surface area contributed by atoms with E-state index < -0.39 is 23.2 Å². The van der Waals surface area contributed by atoms with Crippen molar-refractivity contribution in [3.8, 4) is 0 Å². The zero-order chi connectivity index (χ0) is 18.5. The third-order valence-corrected chi connectivity index (χ3v) is 5.00. The molecular formula is C18H15F3N4O. The molecule has 1 aliphatic carbocycles. The number of amidine groups is 1. The number of aromatic nitrogens is 2. The molecule has 5 nitrogen and oxygen atoms in total. The van der Waals surface area contributed by atoms with Gasteiger partial charge < -0.3 is 5.32 Å². The molecule has 1 N–H and O–H groups in total. The van der Waals surface area contributed by atoms with E-state index >= 15 is 0 Å². The van der Waals surface area contributed by atoms with Crippen LogP contribution in [0.25, 0.3) is 0 Å². The summed E-state index contributed by atoms with van der Waals surface area (Å²) in [5.74, 6) is -0.181. The molecular weight excluding hydrogens is 345 g/mol. The zero-order valence-electron chi connectivity index (χ0n) is 13.9. The Morgan fingerprint density at radius 2 is 2.08 bits per heavy atom. The third kappa shape index (κ3) is 2.24. The highest BCUT2D eigenvalue weighted by Crippen LogP contribution is 2.45. The zero-order valence-corrected chi connectivity index (χ0v) is 13.9. The number of halogens is 3. The summed E-state index contributed by atoms with van der Waals surface area (Å²) in [6, 6.07) is 5.69. The topological polar surface area (TPSA) is 67.2 Å². The van der Waals surface area contributed by atoms with Gasteiger partial charge in [-0.15, -0.1) is 0 Å². The lowest BCUT2D eigenvalue weighted by atomic mass is 9.66. The van der Waals surface area contributed by atoms with E-state index in [4.69, 9.17) is 0 Å². The molecule has 1 aliphatic heterocycles. The molecule has 1 atom stereocenters. The number of hydrogen-bond donors (Lipinski definition) is 1. The van der Waals surface area contributed by atoms with Crippen LogP contribution in [0.4, 0.5) is 13.2 Å². The summed E-state index contributed by atoms with van der Waals surface area (Å²) in [6.07, 6.45) is -1.30. The van der Waals surface area contributed by atoms with E-state index in [0.29, 0.717) is 30.4 Å². The Labute approximate surface area is 147 Å². The normalized spacial score (nSPS) is 23.5. The largest absolute Gasteiger partial charge is 0.433 e. The van der Waals surface area contributed by atoms with Gasteiger partial charge >= 0.3 is 6.18 Å². The van der Waals surface area contributed by atoms with E-state index in [-0.39, 0.29) is 11.5 Å². The van der Waals surface area contributed by atoms with Gasteiger partial charge in [0.15, 0.2) is 0 Å². The lowest BCUT2D eigenvalue weighted by Crippen LogP contribution is -2.55. The number of fused-ring (bicyclic) bond motifs is 4. The molecule has 0 fully saturated rings. The van der Waals surface area contributed by atoms with Gasteiger partial charge in [0, 0.05) is 24.5 Å². The SMILES string of the molecule is CN=C1NC(=O)[C@@]2(CCCc3ncccc32)c2nc(C(F)(F)F)ccc21. The van der Waals surface area contributed by atoms with E-state index in [2.05, 4.69) is 20.3 Å². The molecule has 8 heteroatoms. The van der Waals surface area contributed by atoms with Crippen molar-refractivity contribution >= 4 is 11.7 Å². The van der Waals surface area contributed by atoms with E-state index in [1.54, 1.807) is 18.3 Å². The molecule has 2 aliphatic rings. The highest BCUT2D eigenvalue weighted by Gasteiger charge is 2.52. The predicted octanol–water partition coefficient (Wildman–Crippen LogP) is 2.62. The lowest BCUT2D eigenvalue weighted by molar-refractivity contribution is -0.141. The molecule has 0 unspecified atom stereocenters. The molecule has 0 saturated heterocycles. The number of nitrogens with one attached hydrogen (secondary N) is 1. The highest BCUT2D eigenvalue weighted by atomic mass is 19.4. The van der Waals surface area contributed by atoms with Gasteiger partial charge in [0.05, 0.1) is 5.69 Å². The van der Waals surface area contributed by atoms with Crippen molar-refractivity contribution in [3.63, 3.8) is 0 Å². The summed E-state index contributed by atoms with van der Waals surface area (Å²) in [6.45, 7) is 0. The van der Waals surface area contributed by atoms with Crippen LogP contribution < -0.4 is 5.32 Å². The number of amides is 1. The van der Waals surface area contributed by atoms with Gasteiger partial charge in [0.2, 0.25) is 5.91 Å². The Bertz CT molecular complexity index is 938. The maximum Gasteiger partial charge on any atom is 0.433 e. The molecule has 1 amide bonds. The summed E-state index contributed by atoms with van der Waals surface area (Å²) in [7, 11) is 1.48. The second kappa shape index (κ2) is 5.62. The van der Waals surface area contributed by atoms with Crippen LogP contribution in [0, 0.1) is 0 Å². The molecule has 0 radical (unpaired) electrons.